The van der Waals surface area contributed by atoms with E-state index in [0.29, 0.717) is 52.0 Å². The van der Waals surface area contributed by atoms with Crippen LogP contribution in [-0.4, -0.2) is 65.2 Å². The summed E-state index contributed by atoms with van der Waals surface area (Å²) >= 11 is 6.50. The maximum absolute atomic E-state index is 13.0. The molecule has 216 valence electrons. The van der Waals surface area contributed by atoms with Crippen LogP contribution in [0.25, 0.3) is 10.9 Å². The first kappa shape index (κ1) is 28.9. The topological polar surface area (TPSA) is 138 Å². The van der Waals surface area contributed by atoms with Gasteiger partial charge in [0.1, 0.15) is 30.3 Å². The quantitative estimate of drug-likeness (QED) is 0.207. The standard InChI is InChI=1S/C30H29ClN6O5/c1-4-40-26-13-24-21(12-23(26)35-30(38)29-27(42-29)16-36(2)3)28(18(14-32)15-37(24)39)34-19-8-9-25(22(31)11-19)41-17-20-7-5-6-10-33-20/h5-13,15,27,29,39H,4,16-17H2,1-3H3,(H,35,38). The molecule has 2 aromatic heterocycles. The number of ether oxygens (including phenoxy) is 3. The first-order chi connectivity index (χ1) is 20.3. The molecule has 1 saturated heterocycles. The summed E-state index contributed by atoms with van der Waals surface area (Å²) in [5, 5.41) is 24.5. The molecule has 0 radical (unpaired) electrons. The highest BCUT2D eigenvalue weighted by molar-refractivity contribution is 6.32. The Balaban J connectivity index is 1.52. The Morgan fingerprint density at radius 3 is 2.76 bits per heavy atom. The SMILES string of the molecule is CCOc1cc2c(cc1NC(=O)C1OC1CN(C)C)c(=Nc1ccc(OCc3ccccn3)c(Cl)c1)c(C#N)cn2O. The number of rotatable bonds is 10. The Labute approximate surface area is 247 Å². The van der Waals surface area contributed by atoms with Crippen molar-refractivity contribution in [2.24, 2.45) is 4.99 Å². The van der Waals surface area contributed by atoms with E-state index in [-0.39, 0.29) is 29.5 Å². The Morgan fingerprint density at radius 2 is 2.07 bits per heavy atom. The third-order valence-corrected chi connectivity index (χ3v) is 6.72. The summed E-state index contributed by atoms with van der Waals surface area (Å²) < 4.78 is 18.0. The molecule has 2 atom stereocenters. The van der Waals surface area contributed by atoms with E-state index in [0.717, 1.165) is 10.4 Å². The van der Waals surface area contributed by atoms with Crippen molar-refractivity contribution in [2.75, 3.05) is 32.6 Å². The first-order valence-electron chi connectivity index (χ1n) is 13.2. The Kier molecular flexibility index (Phi) is 8.59. The number of nitrogens with zero attached hydrogens (tertiary/aromatic N) is 5. The van der Waals surface area contributed by atoms with E-state index in [1.165, 1.54) is 6.20 Å². The zero-order valence-electron chi connectivity index (χ0n) is 23.2. The number of amides is 1. The number of hydrogen-bond acceptors (Lipinski definition) is 9. The van der Waals surface area contributed by atoms with Gasteiger partial charge in [-0.1, -0.05) is 17.7 Å². The number of nitriles is 1. The van der Waals surface area contributed by atoms with Crippen LogP contribution in [0.3, 0.4) is 0 Å². The lowest BCUT2D eigenvalue weighted by molar-refractivity contribution is -0.117. The van der Waals surface area contributed by atoms with E-state index >= 15 is 0 Å². The summed E-state index contributed by atoms with van der Waals surface area (Å²) in [6.45, 7) is 2.99. The number of halogens is 1. The minimum absolute atomic E-state index is 0.106. The monoisotopic (exact) mass is 588 g/mol. The van der Waals surface area contributed by atoms with Crippen molar-refractivity contribution < 1.29 is 24.2 Å². The highest BCUT2D eigenvalue weighted by Crippen LogP contribution is 2.33. The molecule has 1 aliphatic rings. The Hall–Kier alpha value is -4.63. The smallest absolute Gasteiger partial charge is 0.256 e. The summed E-state index contributed by atoms with van der Waals surface area (Å²) in [6, 6.07) is 15.9. The molecule has 1 fully saturated rings. The first-order valence-corrected chi connectivity index (χ1v) is 13.6. The summed E-state index contributed by atoms with van der Waals surface area (Å²) in [5.74, 6) is 0.482. The molecule has 4 aromatic rings. The molecule has 12 heteroatoms. The van der Waals surface area contributed by atoms with Gasteiger partial charge >= 0.3 is 0 Å². The second-order valence-corrected chi connectivity index (χ2v) is 10.2. The zero-order chi connectivity index (χ0) is 29.8. The van der Waals surface area contributed by atoms with Gasteiger partial charge in [0.25, 0.3) is 5.91 Å². The number of likely N-dealkylation sites (N-methyl/N-ethyl adjacent to an activating group) is 1. The summed E-state index contributed by atoms with van der Waals surface area (Å²) in [7, 11) is 3.82. The molecule has 0 bridgehead atoms. The van der Waals surface area contributed by atoms with Crippen LogP contribution in [0.2, 0.25) is 5.02 Å². The molecule has 2 N–H and O–H groups in total. The maximum atomic E-state index is 13.0. The van der Waals surface area contributed by atoms with Crippen LogP contribution in [0.5, 0.6) is 11.5 Å². The van der Waals surface area contributed by atoms with E-state index in [1.807, 2.05) is 44.1 Å². The van der Waals surface area contributed by atoms with Crippen LogP contribution in [-0.2, 0) is 16.1 Å². The summed E-state index contributed by atoms with van der Waals surface area (Å²) in [6.07, 6.45) is 2.17. The van der Waals surface area contributed by atoms with Crippen molar-refractivity contribution in [1.82, 2.24) is 14.6 Å². The predicted molar refractivity (Wildman–Crippen MR) is 156 cm³/mol. The lowest BCUT2D eigenvalue weighted by Gasteiger charge is -2.15. The fourth-order valence-electron chi connectivity index (χ4n) is 4.44. The highest BCUT2D eigenvalue weighted by Gasteiger charge is 2.45. The van der Waals surface area contributed by atoms with Crippen molar-refractivity contribution >= 4 is 39.8 Å². The van der Waals surface area contributed by atoms with Crippen molar-refractivity contribution in [3.8, 4) is 17.6 Å². The van der Waals surface area contributed by atoms with E-state index in [1.54, 1.807) is 36.5 Å². The molecule has 0 saturated carbocycles. The molecule has 11 nitrogen and oxygen atoms in total. The number of hydrogen-bond donors (Lipinski definition) is 2. The number of carbonyl (C=O) groups is 1. The van der Waals surface area contributed by atoms with E-state index < -0.39 is 6.10 Å². The minimum Gasteiger partial charge on any atom is -0.492 e. The molecule has 2 unspecified atom stereocenters. The number of pyridine rings is 2. The van der Waals surface area contributed by atoms with Gasteiger partial charge in [-0.3, -0.25) is 9.78 Å². The number of epoxide rings is 1. The van der Waals surface area contributed by atoms with Crippen LogP contribution >= 0.6 is 11.6 Å². The highest BCUT2D eigenvalue weighted by atomic mass is 35.5. The number of anilines is 1. The second-order valence-electron chi connectivity index (χ2n) is 9.83. The van der Waals surface area contributed by atoms with Gasteiger partial charge in [-0.05, 0) is 57.4 Å². The van der Waals surface area contributed by atoms with Gasteiger partial charge in [0.15, 0.2) is 6.10 Å². The number of aromatic nitrogens is 2. The van der Waals surface area contributed by atoms with Crippen LogP contribution in [0.4, 0.5) is 11.4 Å². The zero-order valence-corrected chi connectivity index (χ0v) is 24.0. The summed E-state index contributed by atoms with van der Waals surface area (Å²) in [4.78, 5) is 23.9. The van der Waals surface area contributed by atoms with Crippen LogP contribution < -0.4 is 20.1 Å². The van der Waals surface area contributed by atoms with Crippen molar-refractivity contribution in [2.45, 2.75) is 25.7 Å². The lowest BCUT2D eigenvalue weighted by Crippen LogP contribution is -2.25. The van der Waals surface area contributed by atoms with Crippen LogP contribution in [0.1, 0.15) is 18.2 Å². The minimum atomic E-state index is -0.588. The van der Waals surface area contributed by atoms with Gasteiger partial charge in [-0.2, -0.15) is 9.99 Å². The van der Waals surface area contributed by atoms with Crippen molar-refractivity contribution in [1.29, 1.82) is 5.26 Å². The summed E-state index contributed by atoms with van der Waals surface area (Å²) in [5.41, 5.74) is 2.00. The number of nitrogens with one attached hydrogen (secondary N) is 1. The van der Waals surface area contributed by atoms with Crippen molar-refractivity contribution in [3.63, 3.8) is 0 Å². The fraction of sp³-hybridized carbons (Fsp3) is 0.267. The maximum Gasteiger partial charge on any atom is 0.256 e. The molecular weight excluding hydrogens is 560 g/mol. The van der Waals surface area contributed by atoms with Crippen LogP contribution in [0.15, 0.2) is 65.9 Å². The molecule has 42 heavy (non-hydrogen) atoms. The van der Waals surface area contributed by atoms with Gasteiger partial charge in [0.05, 0.1) is 51.3 Å². The molecule has 0 spiro atoms. The van der Waals surface area contributed by atoms with Gasteiger partial charge in [0.2, 0.25) is 0 Å². The third kappa shape index (κ3) is 6.47. The average molecular weight is 589 g/mol. The molecule has 5 rings (SSSR count). The molecule has 2 aromatic carbocycles. The number of benzene rings is 2. The van der Waals surface area contributed by atoms with E-state index in [9.17, 15) is 15.3 Å². The van der Waals surface area contributed by atoms with Gasteiger partial charge in [0, 0.05) is 24.2 Å². The largest absolute Gasteiger partial charge is 0.492 e. The molecule has 1 aliphatic heterocycles. The van der Waals surface area contributed by atoms with Gasteiger partial charge < -0.3 is 29.6 Å². The second kappa shape index (κ2) is 12.5. The Morgan fingerprint density at radius 1 is 1.24 bits per heavy atom. The predicted octanol–water partition coefficient (Wildman–Crippen LogP) is 4.28. The third-order valence-electron chi connectivity index (χ3n) is 6.43. The fourth-order valence-corrected chi connectivity index (χ4v) is 4.67. The number of carbonyl (C=O) groups excluding carboxylic acids is 1. The Bertz CT molecular complexity index is 1730. The number of fused-ring (bicyclic) bond motifs is 1. The molecule has 1 amide bonds. The van der Waals surface area contributed by atoms with Gasteiger partial charge in [-0.15, -0.1) is 0 Å². The molecule has 3 heterocycles. The van der Waals surface area contributed by atoms with E-state index in [2.05, 4.69) is 16.4 Å². The van der Waals surface area contributed by atoms with Gasteiger partial charge in [-0.25, -0.2) is 4.99 Å². The van der Waals surface area contributed by atoms with E-state index in [4.69, 9.17) is 30.8 Å². The lowest BCUT2D eigenvalue weighted by atomic mass is 10.1. The van der Waals surface area contributed by atoms with Crippen molar-refractivity contribution in [3.05, 3.63) is 82.6 Å². The average Bonchev–Trinajstić information content (AvgIpc) is 3.73. The normalized spacial score (nSPS) is 16.3. The molecular formula is C30H29ClN6O5. The van der Waals surface area contributed by atoms with Crippen LogP contribution in [0, 0.1) is 11.3 Å². The molecule has 0 aliphatic carbocycles.